The molecule has 4 heteroatoms. The van der Waals surface area contributed by atoms with Crippen molar-refractivity contribution in [2.45, 2.75) is 0 Å². The quantitative estimate of drug-likeness (QED) is 0.674. The lowest BCUT2D eigenvalue weighted by Crippen LogP contribution is -1.92. The van der Waals surface area contributed by atoms with Gasteiger partial charge in [-0.2, -0.15) is 10.5 Å². The molecule has 0 aliphatic heterocycles. The molecule has 0 fully saturated rings. The van der Waals surface area contributed by atoms with Crippen molar-refractivity contribution in [3.8, 4) is 23.5 Å². The molecule has 0 radical (unpaired) electrons. The minimum atomic E-state index is 0.359. The van der Waals surface area contributed by atoms with Crippen LogP contribution in [-0.4, -0.2) is 9.55 Å². The van der Waals surface area contributed by atoms with Crippen LogP contribution in [0.5, 0.6) is 0 Å². The molecule has 1 heterocycles. The van der Waals surface area contributed by atoms with E-state index in [0.29, 0.717) is 11.1 Å². The van der Waals surface area contributed by atoms with Gasteiger partial charge in [0, 0.05) is 12.6 Å². The van der Waals surface area contributed by atoms with Crippen LogP contribution in [0, 0.1) is 22.7 Å². The SMILES string of the molecule is Cn1c(-c2ccccc2)nc2cc(C#N)c(C#N)cc21. The van der Waals surface area contributed by atoms with E-state index in [2.05, 4.69) is 11.1 Å². The van der Waals surface area contributed by atoms with Gasteiger partial charge in [-0.25, -0.2) is 4.98 Å². The Morgan fingerprint density at radius 2 is 1.65 bits per heavy atom. The summed E-state index contributed by atoms with van der Waals surface area (Å²) in [6, 6.07) is 17.3. The molecule has 0 bridgehead atoms. The predicted octanol–water partition coefficient (Wildman–Crippen LogP) is 2.98. The number of hydrogen-bond acceptors (Lipinski definition) is 3. The summed E-state index contributed by atoms with van der Waals surface area (Å²) in [5.74, 6) is 0.819. The van der Waals surface area contributed by atoms with Crippen molar-refractivity contribution in [2.75, 3.05) is 0 Å². The van der Waals surface area contributed by atoms with Crippen LogP contribution in [0.1, 0.15) is 11.1 Å². The highest BCUT2D eigenvalue weighted by molar-refractivity contribution is 5.83. The number of hydrogen-bond donors (Lipinski definition) is 0. The van der Waals surface area contributed by atoms with Crippen molar-refractivity contribution in [2.24, 2.45) is 7.05 Å². The van der Waals surface area contributed by atoms with Crippen molar-refractivity contribution in [1.82, 2.24) is 9.55 Å². The van der Waals surface area contributed by atoms with Gasteiger partial charge in [0.25, 0.3) is 0 Å². The fraction of sp³-hybridized carbons (Fsp3) is 0.0625. The molecule has 0 unspecified atom stereocenters. The summed E-state index contributed by atoms with van der Waals surface area (Å²) in [4.78, 5) is 4.57. The summed E-state index contributed by atoms with van der Waals surface area (Å²) in [6.45, 7) is 0. The molecule has 3 aromatic rings. The van der Waals surface area contributed by atoms with E-state index in [1.54, 1.807) is 12.1 Å². The Balaban J connectivity index is 2.32. The van der Waals surface area contributed by atoms with Gasteiger partial charge in [0.15, 0.2) is 0 Å². The smallest absolute Gasteiger partial charge is 0.140 e. The van der Waals surface area contributed by atoms with Crippen LogP contribution >= 0.6 is 0 Å². The van der Waals surface area contributed by atoms with Crippen LogP contribution < -0.4 is 0 Å². The summed E-state index contributed by atoms with van der Waals surface area (Å²) in [5, 5.41) is 18.2. The number of rotatable bonds is 1. The fourth-order valence-corrected chi connectivity index (χ4v) is 2.27. The summed E-state index contributed by atoms with van der Waals surface area (Å²) in [6.07, 6.45) is 0. The Morgan fingerprint density at radius 3 is 2.30 bits per heavy atom. The summed E-state index contributed by atoms with van der Waals surface area (Å²) >= 11 is 0. The lowest BCUT2D eigenvalue weighted by atomic mass is 10.1. The first kappa shape index (κ1) is 12.0. The molecule has 3 rings (SSSR count). The third kappa shape index (κ3) is 1.72. The molecule has 0 saturated heterocycles. The molecule has 0 spiro atoms. The van der Waals surface area contributed by atoms with Crippen LogP contribution in [0.2, 0.25) is 0 Å². The lowest BCUT2D eigenvalue weighted by Gasteiger charge is -2.02. The second-order valence-electron chi connectivity index (χ2n) is 4.47. The third-order valence-corrected chi connectivity index (χ3v) is 3.29. The van der Waals surface area contributed by atoms with E-state index in [1.807, 2.05) is 48.0 Å². The molecule has 0 amide bonds. The Bertz CT molecular complexity index is 877. The van der Waals surface area contributed by atoms with Gasteiger partial charge in [-0.05, 0) is 12.1 Å². The minimum absolute atomic E-state index is 0.359. The minimum Gasteiger partial charge on any atom is -0.327 e. The fourth-order valence-electron chi connectivity index (χ4n) is 2.27. The molecule has 0 N–H and O–H groups in total. The largest absolute Gasteiger partial charge is 0.327 e. The molecule has 1 aromatic heterocycles. The van der Waals surface area contributed by atoms with E-state index in [4.69, 9.17) is 10.5 Å². The maximum atomic E-state index is 9.09. The van der Waals surface area contributed by atoms with Crippen LogP contribution in [0.15, 0.2) is 42.5 Å². The third-order valence-electron chi connectivity index (χ3n) is 3.29. The van der Waals surface area contributed by atoms with E-state index in [1.165, 1.54) is 0 Å². The molecular formula is C16H10N4. The van der Waals surface area contributed by atoms with E-state index < -0.39 is 0 Å². The first-order valence-corrected chi connectivity index (χ1v) is 6.10. The Hall–Kier alpha value is -3.11. The van der Waals surface area contributed by atoms with Gasteiger partial charge >= 0.3 is 0 Å². The molecule has 20 heavy (non-hydrogen) atoms. The van der Waals surface area contributed by atoms with Crippen LogP contribution in [0.4, 0.5) is 0 Å². The second-order valence-corrected chi connectivity index (χ2v) is 4.47. The summed E-state index contributed by atoms with van der Waals surface area (Å²) in [5.41, 5.74) is 3.31. The lowest BCUT2D eigenvalue weighted by molar-refractivity contribution is 0.959. The number of aryl methyl sites for hydroxylation is 1. The first-order chi connectivity index (χ1) is 9.74. The van der Waals surface area contributed by atoms with Crippen LogP contribution in [0.3, 0.4) is 0 Å². The average molecular weight is 258 g/mol. The number of aromatic nitrogens is 2. The van der Waals surface area contributed by atoms with Gasteiger partial charge in [0.1, 0.15) is 18.0 Å². The molecular weight excluding hydrogens is 248 g/mol. The van der Waals surface area contributed by atoms with Gasteiger partial charge in [0.2, 0.25) is 0 Å². The maximum Gasteiger partial charge on any atom is 0.140 e. The predicted molar refractivity (Wildman–Crippen MR) is 75.6 cm³/mol. The Labute approximate surface area is 116 Å². The number of imidazole rings is 1. The monoisotopic (exact) mass is 258 g/mol. The number of benzene rings is 2. The van der Waals surface area contributed by atoms with Crippen molar-refractivity contribution in [1.29, 1.82) is 10.5 Å². The topological polar surface area (TPSA) is 65.4 Å². The average Bonchev–Trinajstić information content (AvgIpc) is 2.83. The molecule has 4 nitrogen and oxygen atoms in total. The molecule has 2 aromatic carbocycles. The Kier molecular flexibility index (Phi) is 2.71. The van der Waals surface area contributed by atoms with Crippen LogP contribution in [-0.2, 0) is 7.05 Å². The van der Waals surface area contributed by atoms with Gasteiger partial charge in [-0.15, -0.1) is 0 Å². The maximum absolute atomic E-state index is 9.09. The van der Waals surface area contributed by atoms with E-state index in [9.17, 15) is 0 Å². The molecule has 94 valence electrons. The number of nitriles is 2. The highest BCUT2D eigenvalue weighted by Crippen LogP contribution is 2.25. The van der Waals surface area contributed by atoms with Crippen LogP contribution in [0.25, 0.3) is 22.4 Å². The van der Waals surface area contributed by atoms with Crippen molar-refractivity contribution in [3.63, 3.8) is 0 Å². The summed E-state index contributed by atoms with van der Waals surface area (Å²) in [7, 11) is 1.91. The zero-order valence-corrected chi connectivity index (χ0v) is 10.8. The normalized spacial score (nSPS) is 10.2. The molecule has 0 aliphatic rings. The van der Waals surface area contributed by atoms with Gasteiger partial charge in [-0.1, -0.05) is 30.3 Å². The highest BCUT2D eigenvalue weighted by atomic mass is 15.1. The summed E-state index contributed by atoms with van der Waals surface area (Å²) < 4.78 is 1.94. The zero-order chi connectivity index (χ0) is 14.1. The van der Waals surface area contributed by atoms with Crippen molar-refractivity contribution < 1.29 is 0 Å². The standard InChI is InChI=1S/C16H10N4/c1-20-15-8-13(10-18)12(9-17)7-14(15)19-16(20)11-5-3-2-4-6-11/h2-8H,1H3. The highest BCUT2D eigenvalue weighted by Gasteiger charge is 2.12. The first-order valence-electron chi connectivity index (χ1n) is 6.10. The van der Waals surface area contributed by atoms with E-state index >= 15 is 0 Å². The number of nitrogens with zero attached hydrogens (tertiary/aromatic N) is 4. The van der Waals surface area contributed by atoms with E-state index in [0.717, 1.165) is 22.4 Å². The second kappa shape index (κ2) is 4.53. The van der Waals surface area contributed by atoms with Crippen molar-refractivity contribution >= 4 is 11.0 Å². The number of fused-ring (bicyclic) bond motifs is 1. The van der Waals surface area contributed by atoms with Crippen molar-refractivity contribution in [3.05, 3.63) is 53.6 Å². The Morgan fingerprint density at radius 1 is 1.00 bits per heavy atom. The molecule has 0 aliphatic carbocycles. The zero-order valence-electron chi connectivity index (χ0n) is 10.8. The molecule has 0 atom stereocenters. The van der Waals surface area contributed by atoms with E-state index in [-0.39, 0.29) is 0 Å². The van der Waals surface area contributed by atoms with Gasteiger partial charge < -0.3 is 4.57 Å². The van der Waals surface area contributed by atoms with Gasteiger partial charge in [0.05, 0.1) is 22.2 Å². The van der Waals surface area contributed by atoms with Gasteiger partial charge in [-0.3, -0.25) is 0 Å². The molecule has 0 saturated carbocycles.